The van der Waals surface area contributed by atoms with E-state index in [2.05, 4.69) is 18.6 Å². The van der Waals surface area contributed by atoms with Crippen molar-refractivity contribution >= 4 is 30.1 Å². The number of carbonyl (C=O) groups excluding carboxylic acids is 1. The van der Waals surface area contributed by atoms with Gasteiger partial charge in [-0.3, -0.25) is 0 Å². The van der Waals surface area contributed by atoms with Crippen molar-refractivity contribution in [2.45, 2.75) is 33.1 Å². The number of carbonyl (C=O) groups is 1. The fourth-order valence-electron chi connectivity index (χ4n) is 1.01. The Morgan fingerprint density at radius 2 is 2.08 bits per heavy atom. The molecule has 0 bridgehead atoms. The van der Waals surface area contributed by atoms with Gasteiger partial charge in [0.25, 0.3) is 0 Å². The van der Waals surface area contributed by atoms with Gasteiger partial charge in [-0.1, -0.05) is 26.7 Å². The molecular formula is C8H18INO2. The van der Waals surface area contributed by atoms with Gasteiger partial charge >= 0.3 is 6.09 Å². The summed E-state index contributed by atoms with van der Waals surface area (Å²) in [5, 5.41) is 0. The number of halogens is 1. The number of ether oxygens (including phenoxy) is 1. The van der Waals surface area contributed by atoms with Crippen molar-refractivity contribution in [2.24, 2.45) is 11.7 Å². The van der Waals surface area contributed by atoms with Gasteiger partial charge in [-0.15, -0.1) is 24.0 Å². The molecule has 0 saturated heterocycles. The normalized spacial score (nSPS) is 11.5. The molecule has 0 aromatic heterocycles. The van der Waals surface area contributed by atoms with Crippen LogP contribution in [0.1, 0.15) is 33.1 Å². The lowest BCUT2D eigenvalue weighted by atomic mass is 10.0. The van der Waals surface area contributed by atoms with E-state index in [9.17, 15) is 4.79 Å². The smallest absolute Gasteiger partial charge is 0.404 e. The Hall–Kier alpha value is 0. The van der Waals surface area contributed by atoms with Crippen molar-refractivity contribution < 1.29 is 9.53 Å². The Bertz CT molecular complexity index is 120. The molecule has 1 amide bonds. The zero-order valence-corrected chi connectivity index (χ0v) is 10.0. The SMILES string of the molecule is CCCC(CC)COC(N)=O.I. The largest absolute Gasteiger partial charge is 0.449 e. The van der Waals surface area contributed by atoms with Crippen molar-refractivity contribution in [3.63, 3.8) is 0 Å². The second-order valence-corrected chi connectivity index (χ2v) is 2.69. The number of hydrogen-bond acceptors (Lipinski definition) is 2. The van der Waals surface area contributed by atoms with Gasteiger partial charge in [0.1, 0.15) is 0 Å². The highest BCUT2D eigenvalue weighted by atomic mass is 127. The zero-order chi connectivity index (χ0) is 8.69. The summed E-state index contributed by atoms with van der Waals surface area (Å²) in [7, 11) is 0. The van der Waals surface area contributed by atoms with Crippen LogP contribution in [0.3, 0.4) is 0 Å². The average molecular weight is 287 g/mol. The maximum Gasteiger partial charge on any atom is 0.404 e. The molecule has 4 heteroatoms. The van der Waals surface area contributed by atoms with Crippen LogP contribution in [-0.2, 0) is 4.74 Å². The fourth-order valence-corrected chi connectivity index (χ4v) is 1.01. The van der Waals surface area contributed by atoms with E-state index in [1.807, 2.05) is 0 Å². The highest BCUT2D eigenvalue weighted by Crippen LogP contribution is 2.10. The first kappa shape index (κ1) is 14.5. The predicted molar refractivity (Wildman–Crippen MR) is 59.6 cm³/mol. The first-order valence-corrected chi connectivity index (χ1v) is 4.12. The number of hydrogen-bond donors (Lipinski definition) is 1. The van der Waals surface area contributed by atoms with Crippen molar-refractivity contribution in [1.82, 2.24) is 0 Å². The lowest BCUT2D eigenvalue weighted by Crippen LogP contribution is -2.18. The summed E-state index contributed by atoms with van der Waals surface area (Å²) < 4.78 is 4.69. The lowest BCUT2D eigenvalue weighted by molar-refractivity contribution is 0.132. The average Bonchev–Trinajstić information content (AvgIpc) is 1.97. The summed E-state index contributed by atoms with van der Waals surface area (Å²) in [6.07, 6.45) is 2.60. The maximum atomic E-state index is 10.2. The molecule has 0 rings (SSSR count). The van der Waals surface area contributed by atoms with Gasteiger partial charge in [-0.2, -0.15) is 0 Å². The Kier molecular flexibility index (Phi) is 11.0. The molecule has 0 fully saturated rings. The van der Waals surface area contributed by atoms with E-state index in [0.29, 0.717) is 12.5 Å². The molecule has 1 atom stereocenters. The molecule has 1 unspecified atom stereocenters. The minimum Gasteiger partial charge on any atom is -0.449 e. The second-order valence-electron chi connectivity index (χ2n) is 2.69. The van der Waals surface area contributed by atoms with Gasteiger partial charge in [0.2, 0.25) is 0 Å². The summed E-state index contributed by atoms with van der Waals surface area (Å²) in [5.41, 5.74) is 4.83. The minimum absolute atomic E-state index is 0. The summed E-state index contributed by atoms with van der Waals surface area (Å²) >= 11 is 0. The van der Waals surface area contributed by atoms with Crippen LogP contribution < -0.4 is 5.73 Å². The Balaban J connectivity index is 0. The van der Waals surface area contributed by atoms with Crippen molar-refractivity contribution in [2.75, 3.05) is 6.61 Å². The molecule has 2 N–H and O–H groups in total. The van der Waals surface area contributed by atoms with Gasteiger partial charge < -0.3 is 10.5 Å². The van der Waals surface area contributed by atoms with Crippen molar-refractivity contribution in [3.8, 4) is 0 Å². The van der Waals surface area contributed by atoms with Gasteiger partial charge in [0.15, 0.2) is 0 Å². The van der Waals surface area contributed by atoms with Crippen molar-refractivity contribution in [1.29, 1.82) is 0 Å². The molecule has 0 aromatic carbocycles. The molecule has 0 heterocycles. The summed E-state index contributed by atoms with van der Waals surface area (Å²) in [6, 6.07) is 0. The zero-order valence-electron chi connectivity index (χ0n) is 7.71. The molecular weight excluding hydrogens is 269 g/mol. The third kappa shape index (κ3) is 8.10. The third-order valence-corrected chi connectivity index (χ3v) is 1.74. The first-order chi connectivity index (χ1) is 5.20. The minimum atomic E-state index is -0.667. The quantitative estimate of drug-likeness (QED) is 0.790. The second kappa shape index (κ2) is 9.09. The van der Waals surface area contributed by atoms with Crippen LogP contribution in [0.4, 0.5) is 4.79 Å². The van der Waals surface area contributed by atoms with Crippen LogP contribution in [0.2, 0.25) is 0 Å². The van der Waals surface area contributed by atoms with Crippen LogP contribution in [0.5, 0.6) is 0 Å². The molecule has 0 saturated carbocycles. The molecule has 0 aromatic rings. The third-order valence-electron chi connectivity index (χ3n) is 1.74. The molecule has 0 radical (unpaired) electrons. The van der Waals surface area contributed by atoms with Gasteiger partial charge in [0.05, 0.1) is 6.61 Å². The Morgan fingerprint density at radius 1 is 1.50 bits per heavy atom. The van der Waals surface area contributed by atoms with Gasteiger partial charge in [-0.25, -0.2) is 4.79 Å². The van der Waals surface area contributed by atoms with Gasteiger partial charge in [-0.05, 0) is 12.3 Å². The highest BCUT2D eigenvalue weighted by molar-refractivity contribution is 14.0. The molecule has 0 aliphatic rings. The van der Waals surface area contributed by atoms with Crippen LogP contribution in [-0.4, -0.2) is 12.7 Å². The molecule has 3 nitrogen and oxygen atoms in total. The summed E-state index contributed by atoms with van der Waals surface area (Å²) in [5.74, 6) is 0.479. The summed E-state index contributed by atoms with van der Waals surface area (Å²) in [4.78, 5) is 10.2. The lowest BCUT2D eigenvalue weighted by Gasteiger charge is -2.12. The number of primary amides is 1. The van der Waals surface area contributed by atoms with E-state index in [-0.39, 0.29) is 24.0 Å². The van der Waals surface area contributed by atoms with Crippen molar-refractivity contribution in [3.05, 3.63) is 0 Å². The van der Waals surface area contributed by atoms with Gasteiger partial charge in [0, 0.05) is 0 Å². The first-order valence-electron chi connectivity index (χ1n) is 4.12. The maximum absolute atomic E-state index is 10.2. The van der Waals surface area contributed by atoms with E-state index < -0.39 is 6.09 Å². The standard InChI is InChI=1S/C8H17NO2.HI/c1-3-5-7(4-2)6-11-8(9)10;/h7H,3-6H2,1-2H3,(H2,9,10);1H. The van der Waals surface area contributed by atoms with E-state index in [1.54, 1.807) is 0 Å². The topological polar surface area (TPSA) is 52.3 Å². The van der Waals surface area contributed by atoms with Crippen LogP contribution >= 0.6 is 24.0 Å². The van der Waals surface area contributed by atoms with E-state index in [0.717, 1.165) is 19.3 Å². The molecule has 74 valence electrons. The van der Waals surface area contributed by atoms with E-state index in [1.165, 1.54) is 0 Å². The molecule has 0 aliphatic heterocycles. The molecule has 0 aliphatic carbocycles. The van der Waals surface area contributed by atoms with E-state index in [4.69, 9.17) is 5.73 Å². The Morgan fingerprint density at radius 3 is 2.42 bits per heavy atom. The highest BCUT2D eigenvalue weighted by Gasteiger charge is 2.06. The number of amides is 1. The predicted octanol–water partition coefficient (Wildman–Crippen LogP) is 2.53. The van der Waals surface area contributed by atoms with Crippen LogP contribution in [0, 0.1) is 5.92 Å². The van der Waals surface area contributed by atoms with Crippen LogP contribution in [0.15, 0.2) is 0 Å². The monoisotopic (exact) mass is 287 g/mol. The number of rotatable bonds is 5. The van der Waals surface area contributed by atoms with E-state index >= 15 is 0 Å². The molecule has 12 heavy (non-hydrogen) atoms. The fraction of sp³-hybridized carbons (Fsp3) is 0.875. The molecule has 0 spiro atoms. The summed E-state index contributed by atoms with van der Waals surface area (Å²) in [6.45, 7) is 4.68. The number of nitrogens with two attached hydrogens (primary N) is 1. The Labute approximate surface area is 91.1 Å². The van der Waals surface area contributed by atoms with Crippen LogP contribution in [0.25, 0.3) is 0 Å².